The zero-order valence-corrected chi connectivity index (χ0v) is 22.6. The third-order valence-corrected chi connectivity index (χ3v) is 7.76. The number of carbonyl (C=O) groups is 3. The van der Waals surface area contributed by atoms with Gasteiger partial charge in [-0.25, -0.2) is 4.98 Å². The summed E-state index contributed by atoms with van der Waals surface area (Å²) in [6, 6.07) is 24.8. The lowest BCUT2D eigenvalue weighted by atomic mass is 10.1. The maximum absolute atomic E-state index is 13.5. The quantitative estimate of drug-likeness (QED) is 0.191. The average Bonchev–Trinajstić information content (AvgIpc) is 3.26. The van der Waals surface area contributed by atoms with E-state index in [9.17, 15) is 14.4 Å². The lowest BCUT2D eigenvalue weighted by molar-refractivity contribution is -0.138. The summed E-state index contributed by atoms with van der Waals surface area (Å²) in [6.07, 6.45) is -0.349. The number of thioether (sulfide) groups is 1. The molecule has 38 heavy (non-hydrogen) atoms. The number of rotatable bonds is 10. The smallest absolute Gasteiger partial charge is 0.303 e. The first-order chi connectivity index (χ1) is 18.3. The molecular weight excluding hydrogens is 518 g/mol. The molecule has 1 unspecified atom stereocenters. The number of benzene rings is 3. The Balaban J connectivity index is 1.52. The molecule has 9 heteroatoms. The third kappa shape index (κ3) is 7.30. The van der Waals surface area contributed by atoms with Gasteiger partial charge in [-0.1, -0.05) is 66.2 Å². The molecule has 0 saturated heterocycles. The van der Waals surface area contributed by atoms with Crippen LogP contribution in [0.25, 0.3) is 11.3 Å². The van der Waals surface area contributed by atoms with Gasteiger partial charge >= 0.3 is 5.97 Å². The Morgan fingerprint density at radius 3 is 2.37 bits per heavy atom. The molecule has 3 N–H and O–H groups in total. The van der Waals surface area contributed by atoms with Gasteiger partial charge < -0.3 is 15.7 Å². The summed E-state index contributed by atoms with van der Waals surface area (Å²) in [6.45, 7) is 4.02. The Morgan fingerprint density at radius 1 is 0.921 bits per heavy atom. The zero-order valence-electron chi connectivity index (χ0n) is 20.9. The minimum absolute atomic E-state index is 0.112. The van der Waals surface area contributed by atoms with Crippen LogP contribution >= 0.6 is 23.1 Å². The predicted molar refractivity (Wildman–Crippen MR) is 153 cm³/mol. The lowest BCUT2D eigenvalue weighted by Crippen LogP contribution is -2.19. The molecule has 0 saturated carbocycles. The second-order valence-corrected chi connectivity index (χ2v) is 11.0. The number of aromatic nitrogens is 1. The Kier molecular flexibility index (Phi) is 8.93. The van der Waals surface area contributed by atoms with E-state index < -0.39 is 11.2 Å². The van der Waals surface area contributed by atoms with E-state index in [1.165, 1.54) is 28.7 Å². The number of carboxylic acids is 1. The van der Waals surface area contributed by atoms with E-state index in [1.807, 2.05) is 74.5 Å². The Hall–Kier alpha value is -3.95. The van der Waals surface area contributed by atoms with E-state index in [2.05, 4.69) is 10.6 Å². The fraction of sp³-hybridized carbons (Fsp3) is 0.172. The van der Waals surface area contributed by atoms with Crippen molar-refractivity contribution < 1.29 is 19.5 Å². The number of thiazole rings is 1. The van der Waals surface area contributed by atoms with E-state index in [1.54, 1.807) is 18.2 Å². The van der Waals surface area contributed by atoms with Crippen LogP contribution in [0.3, 0.4) is 0 Å². The number of nitrogens with zero attached hydrogens (tertiary/aromatic N) is 1. The molecular formula is C29H27N3O4S2. The molecule has 0 aliphatic rings. The third-order valence-electron chi connectivity index (χ3n) is 5.63. The number of aliphatic carboxylic acids is 1. The molecule has 1 heterocycles. The number of anilines is 2. The van der Waals surface area contributed by atoms with Crippen LogP contribution < -0.4 is 10.6 Å². The van der Waals surface area contributed by atoms with Gasteiger partial charge in [-0.05, 0) is 37.6 Å². The van der Waals surface area contributed by atoms with Gasteiger partial charge in [0.25, 0.3) is 0 Å². The van der Waals surface area contributed by atoms with Crippen molar-refractivity contribution >= 4 is 51.7 Å². The van der Waals surface area contributed by atoms with Gasteiger partial charge in [-0.2, -0.15) is 0 Å². The SMILES string of the molecule is Cc1ccc(-c2nc(NC(=O)C(Sc3cccc(NC(=O)CCC(=O)O)c3)c3ccccc3)sc2C)cc1. The van der Waals surface area contributed by atoms with Crippen molar-refractivity contribution in [2.24, 2.45) is 0 Å². The molecule has 0 spiro atoms. The normalized spacial score (nSPS) is 11.5. The summed E-state index contributed by atoms with van der Waals surface area (Å²) in [5.74, 6) is -1.61. The van der Waals surface area contributed by atoms with Gasteiger partial charge in [0, 0.05) is 27.4 Å². The van der Waals surface area contributed by atoms with Crippen LogP contribution in [-0.2, 0) is 14.4 Å². The first-order valence-corrected chi connectivity index (χ1v) is 13.7. The van der Waals surface area contributed by atoms with Crippen molar-refractivity contribution in [1.82, 2.24) is 4.98 Å². The molecule has 2 amide bonds. The first-order valence-electron chi connectivity index (χ1n) is 12.0. The highest BCUT2D eigenvalue weighted by molar-refractivity contribution is 8.00. The van der Waals surface area contributed by atoms with Crippen molar-refractivity contribution in [2.45, 2.75) is 36.8 Å². The molecule has 1 atom stereocenters. The van der Waals surface area contributed by atoms with Gasteiger partial charge in [0.15, 0.2) is 5.13 Å². The summed E-state index contributed by atoms with van der Waals surface area (Å²) < 4.78 is 0. The highest BCUT2D eigenvalue weighted by Crippen LogP contribution is 2.38. The molecule has 1 aromatic heterocycles. The summed E-state index contributed by atoms with van der Waals surface area (Å²) in [4.78, 5) is 42.9. The maximum Gasteiger partial charge on any atom is 0.303 e. The van der Waals surface area contributed by atoms with Crippen LogP contribution in [0.5, 0.6) is 0 Å². The van der Waals surface area contributed by atoms with Crippen LogP contribution in [-0.4, -0.2) is 27.9 Å². The Bertz CT molecular complexity index is 1440. The van der Waals surface area contributed by atoms with Gasteiger partial charge in [0.05, 0.1) is 12.1 Å². The summed E-state index contributed by atoms with van der Waals surface area (Å²) in [5.41, 5.74) is 4.39. The second kappa shape index (κ2) is 12.5. The van der Waals surface area contributed by atoms with E-state index in [4.69, 9.17) is 10.1 Å². The molecule has 0 aliphatic heterocycles. The van der Waals surface area contributed by atoms with Crippen LogP contribution in [0.2, 0.25) is 0 Å². The number of aryl methyl sites for hydroxylation is 2. The van der Waals surface area contributed by atoms with Crippen molar-refractivity contribution in [1.29, 1.82) is 0 Å². The molecule has 0 aliphatic carbocycles. The molecule has 194 valence electrons. The summed E-state index contributed by atoms with van der Waals surface area (Å²) in [7, 11) is 0. The molecule has 3 aromatic carbocycles. The number of hydrogen-bond acceptors (Lipinski definition) is 6. The van der Waals surface area contributed by atoms with Crippen molar-refractivity contribution in [3.05, 3.63) is 94.9 Å². The highest BCUT2D eigenvalue weighted by atomic mass is 32.2. The molecule has 7 nitrogen and oxygen atoms in total. The predicted octanol–water partition coefficient (Wildman–Crippen LogP) is 6.70. The standard InChI is InChI=1S/C29H27N3O4S2/c1-18-11-13-20(14-12-18)26-19(2)37-29(31-26)32-28(36)27(21-7-4-3-5-8-21)38-23-10-6-9-22(17-23)30-24(33)15-16-25(34)35/h3-14,17,27H,15-16H2,1-2H3,(H,30,33)(H,34,35)(H,31,32,36). The number of hydrogen-bond donors (Lipinski definition) is 3. The highest BCUT2D eigenvalue weighted by Gasteiger charge is 2.24. The van der Waals surface area contributed by atoms with Crippen LogP contribution in [0.15, 0.2) is 83.8 Å². The fourth-order valence-electron chi connectivity index (χ4n) is 3.73. The number of amides is 2. The zero-order chi connectivity index (χ0) is 27.1. The van der Waals surface area contributed by atoms with E-state index in [0.717, 1.165) is 26.6 Å². The van der Waals surface area contributed by atoms with Gasteiger partial charge in [0.2, 0.25) is 11.8 Å². The van der Waals surface area contributed by atoms with E-state index in [-0.39, 0.29) is 24.7 Å². The van der Waals surface area contributed by atoms with E-state index in [0.29, 0.717) is 10.8 Å². The maximum atomic E-state index is 13.5. The molecule has 4 aromatic rings. The van der Waals surface area contributed by atoms with Crippen molar-refractivity contribution in [3.63, 3.8) is 0 Å². The van der Waals surface area contributed by atoms with Crippen molar-refractivity contribution in [3.8, 4) is 11.3 Å². The number of nitrogens with one attached hydrogen (secondary N) is 2. The molecule has 0 fully saturated rings. The summed E-state index contributed by atoms with van der Waals surface area (Å²) >= 11 is 2.79. The number of carbonyl (C=O) groups excluding carboxylic acids is 2. The monoisotopic (exact) mass is 545 g/mol. The summed E-state index contributed by atoms with van der Waals surface area (Å²) in [5, 5.41) is 14.5. The molecule has 4 rings (SSSR count). The van der Waals surface area contributed by atoms with Gasteiger partial charge in [0.1, 0.15) is 5.25 Å². The Labute approximate surface area is 229 Å². The van der Waals surface area contributed by atoms with Crippen LogP contribution in [0.4, 0.5) is 10.8 Å². The minimum Gasteiger partial charge on any atom is -0.481 e. The molecule has 0 bridgehead atoms. The Morgan fingerprint density at radius 2 is 1.66 bits per heavy atom. The minimum atomic E-state index is -1.03. The van der Waals surface area contributed by atoms with Gasteiger partial charge in [-0.3, -0.25) is 14.4 Å². The van der Waals surface area contributed by atoms with E-state index >= 15 is 0 Å². The fourth-order valence-corrected chi connectivity index (χ4v) is 5.65. The largest absolute Gasteiger partial charge is 0.481 e. The number of carboxylic acid groups (broad SMARTS) is 1. The topological polar surface area (TPSA) is 108 Å². The second-order valence-electron chi connectivity index (χ2n) is 8.66. The van der Waals surface area contributed by atoms with Gasteiger partial charge in [-0.15, -0.1) is 23.1 Å². The van der Waals surface area contributed by atoms with Crippen molar-refractivity contribution in [2.75, 3.05) is 10.6 Å². The first kappa shape index (κ1) is 27.1. The lowest BCUT2D eigenvalue weighted by Gasteiger charge is -2.17. The average molecular weight is 546 g/mol. The van der Waals surface area contributed by atoms with Crippen LogP contribution in [0.1, 0.15) is 34.1 Å². The molecule has 0 radical (unpaired) electrons. The van der Waals surface area contributed by atoms with Crippen LogP contribution in [0, 0.1) is 13.8 Å².